The van der Waals surface area contributed by atoms with Crippen LogP contribution in [0.1, 0.15) is 59.4 Å². The molecule has 2 heterocycles. The van der Waals surface area contributed by atoms with Crippen LogP contribution in [0.3, 0.4) is 0 Å². The average molecular weight is 342 g/mol. The molecule has 1 atom stereocenters. The smallest absolute Gasteiger partial charge is 0.254 e. The number of nitrogens with zero attached hydrogens (tertiary/aromatic N) is 4. The van der Waals surface area contributed by atoms with Gasteiger partial charge in [-0.05, 0) is 44.6 Å². The van der Waals surface area contributed by atoms with Crippen molar-refractivity contribution in [2.24, 2.45) is 0 Å². The first kappa shape index (κ1) is 17.6. The molecule has 1 aliphatic rings. The normalized spacial score (nSPS) is 18.4. The summed E-state index contributed by atoms with van der Waals surface area (Å²) in [6.07, 6.45) is 4.08. The third kappa shape index (κ3) is 4.25. The Bertz CT molecular complexity index is 726. The van der Waals surface area contributed by atoms with Gasteiger partial charge in [0.1, 0.15) is 0 Å². The summed E-state index contributed by atoms with van der Waals surface area (Å²) in [4.78, 5) is 21.6. The maximum Gasteiger partial charge on any atom is 0.254 e. The Balaban J connectivity index is 1.87. The zero-order valence-corrected chi connectivity index (χ0v) is 15.2. The second-order valence-corrected chi connectivity index (χ2v) is 6.97. The maximum absolute atomic E-state index is 13.2. The molecule has 0 radical (unpaired) electrons. The van der Waals surface area contributed by atoms with Crippen LogP contribution in [0.4, 0.5) is 0 Å². The standard InChI is InChI=1S/C19H26N4O2/c1-14-20-18(21-25-14)17-10-5-4-6-11-23(17)19(24)16-9-7-8-15(12-16)13-22(2)3/h7-9,12,17H,4-6,10-11,13H2,1-3H3. The molecule has 1 aromatic heterocycles. The molecule has 6 heteroatoms. The van der Waals surface area contributed by atoms with E-state index >= 15 is 0 Å². The predicted octanol–water partition coefficient (Wildman–Crippen LogP) is 3.20. The van der Waals surface area contributed by atoms with Crippen LogP contribution in [0.25, 0.3) is 0 Å². The fourth-order valence-electron chi connectivity index (χ4n) is 3.40. The zero-order chi connectivity index (χ0) is 17.8. The van der Waals surface area contributed by atoms with Crippen molar-refractivity contribution in [1.82, 2.24) is 19.9 Å². The lowest BCUT2D eigenvalue weighted by Crippen LogP contribution is -2.35. The molecule has 0 saturated carbocycles. The van der Waals surface area contributed by atoms with Crippen LogP contribution in [0.2, 0.25) is 0 Å². The lowest BCUT2D eigenvalue weighted by atomic mass is 10.1. The van der Waals surface area contributed by atoms with Crippen molar-refractivity contribution in [2.45, 2.75) is 45.2 Å². The average Bonchev–Trinajstić information content (AvgIpc) is 2.86. The molecule has 1 aliphatic heterocycles. The number of aromatic nitrogens is 2. The monoisotopic (exact) mass is 342 g/mol. The lowest BCUT2D eigenvalue weighted by molar-refractivity contribution is 0.0670. The Morgan fingerprint density at radius 1 is 1.32 bits per heavy atom. The molecule has 1 aromatic carbocycles. The predicted molar refractivity (Wildman–Crippen MR) is 95.1 cm³/mol. The highest BCUT2D eigenvalue weighted by molar-refractivity contribution is 5.94. The summed E-state index contributed by atoms with van der Waals surface area (Å²) in [6, 6.07) is 7.79. The summed E-state index contributed by atoms with van der Waals surface area (Å²) in [5, 5.41) is 4.08. The summed E-state index contributed by atoms with van der Waals surface area (Å²) < 4.78 is 5.15. The van der Waals surface area contributed by atoms with Gasteiger partial charge < -0.3 is 14.3 Å². The first-order valence-corrected chi connectivity index (χ1v) is 8.89. The second kappa shape index (κ2) is 7.78. The van der Waals surface area contributed by atoms with Gasteiger partial charge in [-0.25, -0.2) is 0 Å². The van der Waals surface area contributed by atoms with E-state index in [9.17, 15) is 4.79 Å². The third-order valence-electron chi connectivity index (χ3n) is 4.53. The molecule has 0 spiro atoms. The number of rotatable bonds is 4. The van der Waals surface area contributed by atoms with E-state index in [1.165, 1.54) is 0 Å². The fraction of sp³-hybridized carbons (Fsp3) is 0.526. The highest BCUT2D eigenvalue weighted by Crippen LogP contribution is 2.30. The number of carbonyl (C=O) groups excluding carboxylic acids is 1. The molecule has 1 amide bonds. The van der Waals surface area contributed by atoms with Crippen molar-refractivity contribution in [3.63, 3.8) is 0 Å². The molecular formula is C19H26N4O2. The zero-order valence-electron chi connectivity index (χ0n) is 15.2. The summed E-state index contributed by atoms with van der Waals surface area (Å²) >= 11 is 0. The van der Waals surface area contributed by atoms with Crippen LogP contribution in [0.5, 0.6) is 0 Å². The van der Waals surface area contributed by atoms with Crippen molar-refractivity contribution in [2.75, 3.05) is 20.6 Å². The molecule has 134 valence electrons. The van der Waals surface area contributed by atoms with Gasteiger partial charge in [0.2, 0.25) is 5.89 Å². The molecule has 1 saturated heterocycles. The maximum atomic E-state index is 13.2. The fourth-order valence-corrected chi connectivity index (χ4v) is 3.40. The molecular weight excluding hydrogens is 316 g/mol. The Labute approximate surface area is 148 Å². The minimum Gasteiger partial charge on any atom is -0.340 e. The molecule has 6 nitrogen and oxygen atoms in total. The van der Waals surface area contributed by atoms with Crippen molar-refractivity contribution >= 4 is 5.91 Å². The van der Waals surface area contributed by atoms with Gasteiger partial charge in [-0.1, -0.05) is 30.1 Å². The first-order valence-electron chi connectivity index (χ1n) is 8.89. The highest BCUT2D eigenvalue weighted by Gasteiger charge is 2.30. The summed E-state index contributed by atoms with van der Waals surface area (Å²) in [5.74, 6) is 1.21. The molecule has 1 fully saturated rings. The summed E-state index contributed by atoms with van der Waals surface area (Å²) in [5.41, 5.74) is 1.86. The summed E-state index contributed by atoms with van der Waals surface area (Å²) in [6.45, 7) is 3.33. The van der Waals surface area contributed by atoms with Crippen molar-refractivity contribution in [3.8, 4) is 0 Å². The molecule has 0 bridgehead atoms. The van der Waals surface area contributed by atoms with E-state index in [0.717, 1.165) is 49.9 Å². The van der Waals surface area contributed by atoms with Crippen LogP contribution in [0.15, 0.2) is 28.8 Å². The van der Waals surface area contributed by atoms with Gasteiger partial charge in [0.25, 0.3) is 5.91 Å². The van der Waals surface area contributed by atoms with Crippen LogP contribution >= 0.6 is 0 Å². The number of hydrogen-bond acceptors (Lipinski definition) is 5. The van der Waals surface area contributed by atoms with Crippen LogP contribution in [-0.2, 0) is 6.54 Å². The number of likely N-dealkylation sites (tertiary alicyclic amines) is 1. The van der Waals surface area contributed by atoms with E-state index in [1.807, 2.05) is 37.2 Å². The largest absolute Gasteiger partial charge is 0.340 e. The van der Waals surface area contributed by atoms with Crippen LogP contribution < -0.4 is 0 Å². The molecule has 0 N–H and O–H groups in total. The lowest BCUT2D eigenvalue weighted by Gasteiger charge is -2.28. The van der Waals surface area contributed by atoms with Crippen LogP contribution in [-0.4, -0.2) is 46.5 Å². The Hall–Kier alpha value is -2.21. The first-order chi connectivity index (χ1) is 12.0. The van der Waals surface area contributed by atoms with Crippen LogP contribution in [0, 0.1) is 6.92 Å². The van der Waals surface area contributed by atoms with Gasteiger partial charge in [0, 0.05) is 25.6 Å². The van der Waals surface area contributed by atoms with E-state index < -0.39 is 0 Å². The Morgan fingerprint density at radius 2 is 2.16 bits per heavy atom. The van der Waals surface area contributed by atoms with E-state index in [1.54, 1.807) is 6.92 Å². The SMILES string of the molecule is Cc1nc(C2CCCCCN2C(=O)c2cccc(CN(C)C)c2)no1. The molecule has 1 unspecified atom stereocenters. The minimum atomic E-state index is -0.107. The molecule has 3 rings (SSSR count). The van der Waals surface area contributed by atoms with E-state index in [0.29, 0.717) is 11.7 Å². The van der Waals surface area contributed by atoms with E-state index in [2.05, 4.69) is 21.1 Å². The Kier molecular flexibility index (Phi) is 5.48. The van der Waals surface area contributed by atoms with Gasteiger partial charge in [-0.2, -0.15) is 4.98 Å². The van der Waals surface area contributed by atoms with Crippen molar-refractivity contribution in [1.29, 1.82) is 0 Å². The second-order valence-electron chi connectivity index (χ2n) is 6.97. The molecule has 25 heavy (non-hydrogen) atoms. The molecule has 0 aliphatic carbocycles. The van der Waals surface area contributed by atoms with Gasteiger partial charge in [0.15, 0.2) is 5.82 Å². The van der Waals surface area contributed by atoms with E-state index in [4.69, 9.17) is 4.52 Å². The van der Waals surface area contributed by atoms with Gasteiger partial charge in [-0.15, -0.1) is 0 Å². The van der Waals surface area contributed by atoms with Crippen molar-refractivity contribution < 1.29 is 9.32 Å². The number of hydrogen-bond donors (Lipinski definition) is 0. The number of aryl methyl sites for hydroxylation is 1. The minimum absolute atomic E-state index is 0.0509. The summed E-state index contributed by atoms with van der Waals surface area (Å²) in [7, 11) is 4.05. The van der Waals surface area contributed by atoms with Gasteiger partial charge in [-0.3, -0.25) is 4.79 Å². The number of amides is 1. The number of benzene rings is 1. The number of carbonyl (C=O) groups is 1. The van der Waals surface area contributed by atoms with Crippen molar-refractivity contribution in [3.05, 3.63) is 47.1 Å². The molecule has 2 aromatic rings. The van der Waals surface area contributed by atoms with Gasteiger partial charge in [0.05, 0.1) is 6.04 Å². The van der Waals surface area contributed by atoms with Gasteiger partial charge >= 0.3 is 0 Å². The topological polar surface area (TPSA) is 62.5 Å². The van der Waals surface area contributed by atoms with E-state index in [-0.39, 0.29) is 11.9 Å². The quantitative estimate of drug-likeness (QED) is 0.854. The third-order valence-corrected chi connectivity index (χ3v) is 4.53. The highest BCUT2D eigenvalue weighted by atomic mass is 16.5. The Morgan fingerprint density at radius 3 is 2.88 bits per heavy atom.